The lowest BCUT2D eigenvalue weighted by atomic mass is 10.1. The van der Waals surface area contributed by atoms with E-state index in [1.165, 1.54) is 13.2 Å². The Balaban J connectivity index is 3.10. The summed E-state index contributed by atoms with van der Waals surface area (Å²) in [4.78, 5) is 20.4. The molecule has 7 heteroatoms. The predicted molar refractivity (Wildman–Crippen MR) is 53.2 cm³/mol. The van der Waals surface area contributed by atoms with Crippen molar-refractivity contribution in [1.29, 1.82) is 0 Å². The molecule has 0 aliphatic carbocycles. The highest BCUT2D eigenvalue weighted by atomic mass is 19.1. The fourth-order valence-corrected chi connectivity index (χ4v) is 1.21. The first-order valence-corrected chi connectivity index (χ1v) is 4.24. The van der Waals surface area contributed by atoms with Crippen molar-refractivity contribution >= 4 is 17.3 Å². The van der Waals surface area contributed by atoms with Gasteiger partial charge in [0.05, 0.1) is 18.5 Å². The molecular formula is C9H9FN2O4. The van der Waals surface area contributed by atoms with Crippen molar-refractivity contribution in [3.63, 3.8) is 0 Å². The molecule has 0 atom stereocenters. The molecule has 86 valence electrons. The zero-order valence-electron chi connectivity index (χ0n) is 8.40. The summed E-state index contributed by atoms with van der Waals surface area (Å²) >= 11 is 0. The van der Waals surface area contributed by atoms with Gasteiger partial charge < -0.3 is 10.5 Å². The van der Waals surface area contributed by atoms with Crippen LogP contribution in [0.5, 0.6) is 0 Å². The van der Waals surface area contributed by atoms with Crippen molar-refractivity contribution in [2.45, 2.75) is 6.42 Å². The van der Waals surface area contributed by atoms with E-state index in [2.05, 4.69) is 4.74 Å². The van der Waals surface area contributed by atoms with Crippen LogP contribution in [-0.4, -0.2) is 18.0 Å². The van der Waals surface area contributed by atoms with Gasteiger partial charge in [0.2, 0.25) is 5.82 Å². The normalized spacial score (nSPS) is 9.88. The van der Waals surface area contributed by atoms with E-state index < -0.39 is 22.4 Å². The van der Waals surface area contributed by atoms with Gasteiger partial charge >= 0.3 is 11.7 Å². The lowest BCUT2D eigenvalue weighted by Gasteiger charge is -2.03. The number of nitrogen functional groups attached to an aromatic ring is 1. The van der Waals surface area contributed by atoms with Crippen LogP contribution in [-0.2, 0) is 16.0 Å². The van der Waals surface area contributed by atoms with Crippen LogP contribution in [0.15, 0.2) is 12.1 Å². The number of benzene rings is 1. The Morgan fingerprint density at radius 2 is 2.25 bits per heavy atom. The number of methoxy groups -OCH3 is 1. The van der Waals surface area contributed by atoms with Crippen molar-refractivity contribution in [3.05, 3.63) is 33.6 Å². The van der Waals surface area contributed by atoms with E-state index in [0.717, 1.165) is 6.07 Å². The van der Waals surface area contributed by atoms with Crippen LogP contribution < -0.4 is 5.73 Å². The monoisotopic (exact) mass is 228 g/mol. The third-order valence-electron chi connectivity index (χ3n) is 1.91. The first-order chi connectivity index (χ1) is 7.45. The predicted octanol–water partition coefficient (Wildman–Crippen LogP) is 1.03. The second-order valence-corrected chi connectivity index (χ2v) is 3.03. The van der Waals surface area contributed by atoms with Gasteiger partial charge in [0.25, 0.3) is 0 Å². The van der Waals surface area contributed by atoms with Crippen LogP contribution in [0, 0.1) is 15.9 Å². The Labute approximate surface area is 90.0 Å². The number of carbonyl (C=O) groups is 1. The summed E-state index contributed by atoms with van der Waals surface area (Å²) in [7, 11) is 1.19. The molecule has 6 nitrogen and oxygen atoms in total. The standard InChI is InChI=1S/C9H9FN2O4/c1-16-8(13)4-5-2-6(10)9(12(14)15)7(11)3-5/h2-3H,4,11H2,1H3. The first-order valence-electron chi connectivity index (χ1n) is 4.24. The van der Waals surface area contributed by atoms with Crippen LogP contribution >= 0.6 is 0 Å². The minimum absolute atomic E-state index is 0.185. The second kappa shape index (κ2) is 4.56. The number of esters is 1. The summed E-state index contributed by atoms with van der Waals surface area (Å²) < 4.78 is 17.6. The number of rotatable bonds is 3. The number of anilines is 1. The lowest BCUT2D eigenvalue weighted by molar-refractivity contribution is -0.386. The zero-order chi connectivity index (χ0) is 12.3. The largest absolute Gasteiger partial charge is 0.469 e. The second-order valence-electron chi connectivity index (χ2n) is 3.03. The molecule has 1 rings (SSSR count). The number of nitro groups is 1. The maximum atomic E-state index is 13.2. The molecule has 0 amide bonds. The van der Waals surface area contributed by atoms with E-state index >= 15 is 0 Å². The van der Waals surface area contributed by atoms with E-state index in [1.807, 2.05) is 0 Å². The van der Waals surface area contributed by atoms with Gasteiger partial charge in [-0.15, -0.1) is 0 Å². The molecule has 0 saturated heterocycles. The number of hydrogen-bond acceptors (Lipinski definition) is 5. The smallest absolute Gasteiger partial charge is 0.327 e. The number of carbonyl (C=O) groups excluding carboxylic acids is 1. The molecule has 0 radical (unpaired) electrons. The van der Waals surface area contributed by atoms with Gasteiger partial charge in [0.1, 0.15) is 5.69 Å². The van der Waals surface area contributed by atoms with E-state index in [-0.39, 0.29) is 17.7 Å². The van der Waals surface area contributed by atoms with Crippen LogP contribution in [0.4, 0.5) is 15.8 Å². The summed E-state index contributed by atoms with van der Waals surface area (Å²) in [5.41, 5.74) is 4.44. The molecule has 0 aliphatic heterocycles. The highest BCUT2D eigenvalue weighted by Crippen LogP contribution is 2.26. The third-order valence-corrected chi connectivity index (χ3v) is 1.91. The molecule has 0 aliphatic rings. The number of halogens is 1. The number of ether oxygens (including phenoxy) is 1. The molecule has 1 aromatic rings. The van der Waals surface area contributed by atoms with Crippen molar-refractivity contribution in [1.82, 2.24) is 0 Å². The lowest BCUT2D eigenvalue weighted by Crippen LogP contribution is -2.07. The number of hydrogen-bond donors (Lipinski definition) is 1. The molecule has 2 N–H and O–H groups in total. The summed E-state index contributed by atoms with van der Waals surface area (Å²) in [6.07, 6.45) is -0.185. The molecule has 16 heavy (non-hydrogen) atoms. The quantitative estimate of drug-likeness (QED) is 0.361. The van der Waals surface area contributed by atoms with E-state index in [1.54, 1.807) is 0 Å². The SMILES string of the molecule is COC(=O)Cc1cc(N)c([N+](=O)[O-])c(F)c1. The molecule has 0 unspecified atom stereocenters. The van der Waals surface area contributed by atoms with Crippen LogP contribution in [0.1, 0.15) is 5.56 Å². The van der Waals surface area contributed by atoms with Crippen LogP contribution in [0.3, 0.4) is 0 Å². The van der Waals surface area contributed by atoms with Crippen molar-refractivity contribution < 1.29 is 18.8 Å². The first kappa shape index (κ1) is 11.9. The third kappa shape index (κ3) is 2.44. The van der Waals surface area contributed by atoms with Crippen LogP contribution in [0.25, 0.3) is 0 Å². The number of nitrogens with zero attached hydrogens (tertiary/aromatic N) is 1. The molecule has 0 aromatic heterocycles. The van der Waals surface area contributed by atoms with E-state index in [9.17, 15) is 19.3 Å². The average Bonchev–Trinajstić information content (AvgIpc) is 2.15. The molecule has 1 aromatic carbocycles. The molecule has 0 fully saturated rings. The van der Waals surface area contributed by atoms with Gasteiger partial charge in [0, 0.05) is 0 Å². The highest BCUT2D eigenvalue weighted by molar-refractivity contribution is 5.73. The summed E-state index contributed by atoms with van der Waals surface area (Å²) in [6, 6.07) is 2.07. The molecular weight excluding hydrogens is 219 g/mol. The maximum absolute atomic E-state index is 13.2. The van der Waals surface area contributed by atoms with Gasteiger partial charge in [-0.1, -0.05) is 0 Å². The Morgan fingerprint density at radius 3 is 2.69 bits per heavy atom. The fourth-order valence-electron chi connectivity index (χ4n) is 1.21. The Hall–Kier alpha value is -2.18. The summed E-state index contributed by atoms with van der Waals surface area (Å²) in [5.74, 6) is -1.64. The summed E-state index contributed by atoms with van der Waals surface area (Å²) in [5, 5.41) is 10.4. The topological polar surface area (TPSA) is 95.5 Å². The van der Waals surface area contributed by atoms with Crippen molar-refractivity contribution in [2.75, 3.05) is 12.8 Å². The molecule has 0 spiro atoms. The Bertz CT molecular complexity index is 424. The van der Waals surface area contributed by atoms with Crippen LogP contribution in [0.2, 0.25) is 0 Å². The summed E-state index contributed by atoms with van der Waals surface area (Å²) in [6.45, 7) is 0. The Kier molecular flexibility index (Phi) is 3.39. The van der Waals surface area contributed by atoms with Gasteiger partial charge in [-0.25, -0.2) is 0 Å². The van der Waals surface area contributed by atoms with E-state index in [4.69, 9.17) is 5.73 Å². The Morgan fingerprint density at radius 1 is 1.62 bits per heavy atom. The van der Waals surface area contributed by atoms with Gasteiger partial charge in [-0.05, 0) is 17.7 Å². The molecule has 0 heterocycles. The minimum atomic E-state index is -1.07. The minimum Gasteiger partial charge on any atom is -0.469 e. The molecule has 0 saturated carbocycles. The number of nitrogens with two attached hydrogens (primary N) is 1. The van der Waals surface area contributed by atoms with E-state index in [0.29, 0.717) is 0 Å². The fraction of sp³-hybridized carbons (Fsp3) is 0.222. The van der Waals surface area contributed by atoms with Gasteiger partial charge in [0.15, 0.2) is 0 Å². The van der Waals surface area contributed by atoms with Gasteiger partial charge in [-0.3, -0.25) is 14.9 Å². The zero-order valence-corrected chi connectivity index (χ0v) is 8.40. The highest BCUT2D eigenvalue weighted by Gasteiger charge is 2.20. The average molecular weight is 228 g/mol. The molecule has 0 bridgehead atoms. The van der Waals surface area contributed by atoms with Gasteiger partial charge in [-0.2, -0.15) is 4.39 Å². The number of nitro benzene ring substituents is 1. The maximum Gasteiger partial charge on any atom is 0.327 e. The van der Waals surface area contributed by atoms with Crippen molar-refractivity contribution in [2.24, 2.45) is 0 Å². The van der Waals surface area contributed by atoms with Crippen molar-refractivity contribution in [3.8, 4) is 0 Å².